The Balaban J connectivity index is 2.58. The summed E-state index contributed by atoms with van der Waals surface area (Å²) in [6.07, 6.45) is 1.69. The van der Waals surface area contributed by atoms with E-state index in [0.29, 0.717) is 5.69 Å². The van der Waals surface area contributed by atoms with Crippen LogP contribution < -0.4 is 10.5 Å². The van der Waals surface area contributed by atoms with Gasteiger partial charge in [-0.05, 0) is 55.7 Å². The van der Waals surface area contributed by atoms with Gasteiger partial charge in [0.15, 0.2) is 0 Å². The second-order valence-electron chi connectivity index (χ2n) is 4.58. The molecule has 18 heavy (non-hydrogen) atoms. The van der Waals surface area contributed by atoms with E-state index in [2.05, 4.69) is 17.1 Å². The van der Waals surface area contributed by atoms with Gasteiger partial charge in [0.05, 0.1) is 24.7 Å². The van der Waals surface area contributed by atoms with E-state index in [1.807, 2.05) is 26.8 Å². The van der Waals surface area contributed by atoms with Crippen LogP contribution in [0.4, 0.5) is 5.69 Å². The van der Waals surface area contributed by atoms with Gasteiger partial charge in [0.25, 0.3) is 0 Å². The zero-order valence-corrected chi connectivity index (χ0v) is 11.2. The molecule has 0 fully saturated rings. The number of rotatable bonds is 2. The summed E-state index contributed by atoms with van der Waals surface area (Å²) in [4.78, 5) is 4.42. The van der Waals surface area contributed by atoms with Crippen LogP contribution in [0.25, 0.3) is 11.3 Å². The Bertz CT molecular complexity index is 568. The maximum atomic E-state index is 5.73. The van der Waals surface area contributed by atoms with E-state index in [4.69, 9.17) is 10.5 Å². The molecule has 0 unspecified atom stereocenters. The van der Waals surface area contributed by atoms with Crippen molar-refractivity contribution >= 4 is 5.69 Å². The van der Waals surface area contributed by atoms with Crippen molar-refractivity contribution in [1.29, 1.82) is 0 Å². The van der Waals surface area contributed by atoms with Gasteiger partial charge in [0, 0.05) is 5.56 Å². The van der Waals surface area contributed by atoms with E-state index >= 15 is 0 Å². The second kappa shape index (κ2) is 4.69. The monoisotopic (exact) mass is 242 g/mol. The topological polar surface area (TPSA) is 48.1 Å². The molecule has 3 heteroatoms. The number of nitrogens with zero attached hydrogens (tertiary/aromatic N) is 1. The minimum absolute atomic E-state index is 0.693. The molecule has 0 amide bonds. The predicted molar refractivity (Wildman–Crippen MR) is 74.8 cm³/mol. The molecular formula is C15H18N2O. The van der Waals surface area contributed by atoms with Crippen LogP contribution in [-0.2, 0) is 0 Å². The SMILES string of the molecule is COc1c(C)cc(-c2ncc(N)cc2C)cc1C. The highest BCUT2D eigenvalue weighted by atomic mass is 16.5. The lowest BCUT2D eigenvalue weighted by atomic mass is 10.0. The number of hydrogen-bond donors (Lipinski definition) is 1. The van der Waals surface area contributed by atoms with E-state index in [1.165, 1.54) is 0 Å². The van der Waals surface area contributed by atoms with E-state index in [-0.39, 0.29) is 0 Å². The molecule has 94 valence electrons. The normalized spacial score (nSPS) is 10.4. The zero-order chi connectivity index (χ0) is 13.3. The zero-order valence-electron chi connectivity index (χ0n) is 11.2. The first-order chi connectivity index (χ1) is 8.52. The smallest absolute Gasteiger partial charge is 0.124 e. The van der Waals surface area contributed by atoms with Crippen molar-refractivity contribution in [2.75, 3.05) is 12.8 Å². The van der Waals surface area contributed by atoms with Gasteiger partial charge in [-0.2, -0.15) is 0 Å². The first-order valence-electron chi connectivity index (χ1n) is 5.90. The van der Waals surface area contributed by atoms with Crippen LogP contribution in [0.15, 0.2) is 24.4 Å². The van der Waals surface area contributed by atoms with Gasteiger partial charge in [0.1, 0.15) is 5.75 Å². The molecule has 0 bridgehead atoms. The molecule has 2 N–H and O–H groups in total. The maximum Gasteiger partial charge on any atom is 0.124 e. The molecule has 2 rings (SSSR count). The molecule has 2 aromatic rings. The third-order valence-electron chi connectivity index (χ3n) is 3.04. The van der Waals surface area contributed by atoms with Crippen LogP contribution in [0.2, 0.25) is 0 Å². The van der Waals surface area contributed by atoms with Gasteiger partial charge in [0.2, 0.25) is 0 Å². The van der Waals surface area contributed by atoms with Gasteiger partial charge in [-0.15, -0.1) is 0 Å². The highest BCUT2D eigenvalue weighted by Crippen LogP contribution is 2.30. The van der Waals surface area contributed by atoms with E-state index in [1.54, 1.807) is 13.3 Å². The number of nitrogen functional groups attached to an aromatic ring is 1. The molecule has 3 nitrogen and oxygen atoms in total. The molecule has 0 aliphatic carbocycles. The first-order valence-corrected chi connectivity index (χ1v) is 5.90. The minimum Gasteiger partial charge on any atom is -0.496 e. The standard InChI is InChI=1S/C15H18N2O/c1-9-7-13(16)8-17-14(9)12-5-10(2)15(18-4)11(3)6-12/h5-8H,16H2,1-4H3. The van der Waals surface area contributed by atoms with Crippen molar-refractivity contribution in [1.82, 2.24) is 4.98 Å². The molecule has 0 saturated carbocycles. The van der Waals surface area contributed by atoms with Crippen molar-refractivity contribution in [3.63, 3.8) is 0 Å². The van der Waals surface area contributed by atoms with E-state index < -0.39 is 0 Å². The number of anilines is 1. The summed E-state index contributed by atoms with van der Waals surface area (Å²) in [5.41, 5.74) is 11.8. The number of benzene rings is 1. The quantitative estimate of drug-likeness (QED) is 0.879. The fraction of sp³-hybridized carbons (Fsp3) is 0.267. The van der Waals surface area contributed by atoms with Crippen molar-refractivity contribution in [3.8, 4) is 17.0 Å². The number of ether oxygens (including phenoxy) is 1. The van der Waals surface area contributed by atoms with Gasteiger partial charge >= 0.3 is 0 Å². The Morgan fingerprint density at radius 2 is 1.61 bits per heavy atom. The fourth-order valence-electron chi connectivity index (χ4n) is 2.31. The van der Waals surface area contributed by atoms with Crippen molar-refractivity contribution in [2.24, 2.45) is 0 Å². The summed E-state index contributed by atoms with van der Waals surface area (Å²) in [6.45, 7) is 6.11. The van der Waals surface area contributed by atoms with Gasteiger partial charge < -0.3 is 10.5 Å². The van der Waals surface area contributed by atoms with Gasteiger partial charge in [-0.25, -0.2) is 0 Å². The number of aromatic nitrogens is 1. The molecule has 1 heterocycles. The highest BCUT2D eigenvalue weighted by molar-refractivity contribution is 5.68. The summed E-state index contributed by atoms with van der Waals surface area (Å²) < 4.78 is 5.38. The minimum atomic E-state index is 0.693. The van der Waals surface area contributed by atoms with Crippen LogP contribution in [0, 0.1) is 20.8 Å². The third-order valence-corrected chi connectivity index (χ3v) is 3.04. The van der Waals surface area contributed by atoms with Crippen LogP contribution in [0.3, 0.4) is 0 Å². The lowest BCUT2D eigenvalue weighted by molar-refractivity contribution is 0.408. The number of hydrogen-bond acceptors (Lipinski definition) is 3. The number of methoxy groups -OCH3 is 1. The molecule has 0 aliphatic rings. The Morgan fingerprint density at radius 3 is 2.11 bits per heavy atom. The summed E-state index contributed by atoms with van der Waals surface area (Å²) in [7, 11) is 1.70. The van der Waals surface area contributed by atoms with Crippen LogP contribution in [-0.4, -0.2) is 12.1 Å². The summed E-state index contributed by atoms with van der Waals surface area (Å²) >= 11 is 0. The number of aryl methyl sites for hydroxylation is 3. The number of pyridine rings is 1. The van der Waals surface area contributed by atoms with Gasteiger partial charge in [-0.1, -0.05) is 0 Å². The lowest BCUT2D eigenvalue weighted by Crippen LogP contribution is -1.96. The Morgan fingerprint density at radius 1 is 1.00 bits per heavy atom. The molecule has 1 aromatic heterocycles. The summed E-state index contributed by atoms with van der Waals surface area (Å²) in [6, 6.07) is 6.13. The van der Waals surface area contributed by atoms with Gasteiger partial charge in [-0.3, -0.25) is 4.98 Å². The summed E-state index contributed by atoms with van der Waals surface area (Å²) in [5.74, 6) is 0.937. The average Bonchev–Trinajstić information content (AvgIpc) is 2.28. The Hall–Kier alpha value is -2.03. The van der Waals surface area contributed by atoms with Crippen LogP contribution in [0.1, 0.15) is 16.7 Å². The molecule has 1 aromatic carbocycles. The summed E-state index contributed by atoms with van der Waals surface area (Å²) in [5, 5.41) is 0. The van der Waals surface area contributed by atoms with Crippen LogP contribution >= 0.6 is 0 Å². The first kappa shape index (κ1) is 12.4. The lowest BCUT2D eigenvalue weighted by Gasteiger charge is -2.12. The second-order valence-corrected chi connectivity index (χ2v) is 4.58. The molecular weight excluding hydrogens is 224 g/mol. The fourth-order valence-corrected chi connectivity index (χ4v) is 2.31. The predicted octanol–water partition coefficient (Wildman–Crippen LogP) is 3.26. The van der Waals surface area contributed by atoms with Crippen LogP contribution in [0.5, 0.6) is 5.75 Å². The Labute approximate surface area is 108 Å². The third kappa shape index (κ3) is 2.16. The highest BCUT2D eigenvalue weighted by Gasteiger charge is 2.09. The largest absolute Gasteiger partial charge is 0.496 e. The molecule has 0 aliphatic heterocycles. The van der Waals surface area contributed by atoms with E-state index in [9.17, 15) is 0 Å². The van der Waals surface area contributed by atoms with Crippen molar-refractivity contribution in [2.45, 2.75) is 20.8 Å². The van der Waals surface area contributed by atoms with Crippen molar-refractivity contribution in [3.05, 3.63) is 41.1 Å². The average molecular weight is 242 g/mol. The number of nitrogens with two attached hydrogens (primary N) is 1. The molecule has 0 atom stereocenters. The molecule has 0 saturated heterocycles. The van der Waals surface area contributed by atoms with E-state index in [0.717, 1.165) is 33.7 Å². The molecule has 0 spiro atoms. The maximum absolute atomic E-state index is 5.73. The molecule has 0 radical (unpaired) electrons. The van der Waals surface area contributed by atoms with Crippen molar-refractivity contribution < 1.29 is 4.74 Å². The Kier molecular flexibility index (Phi) is 3.24.